The number of nitrogens with one attached hydrogen (secondary N) is 1. The molecule has 0 saturated heterocycles. The molecule has 2 rings (SSSR count). The molecule has 0 aliphatic carbocycles. The van der Waals surface area contributed by atoms with E-state index in [1.54, 1.807) is 33.5 Å². The summed E-state index contributed by atoms with van der Waals surface area (Å²) >= 11 is 0. The molecule has 7 heteroatoms. The van der Waals surface area contributed by atoms with Crippen molar-refractivity contribution in [2.24, 2.45) is 0 Å². The van der Waals surface area contributed by atoms with Gasteiger partial charge in [0, 0.05) is 6.04 Å². The van der Waals surface area contributed by atoms with E-state index in [0.717, 1.165) is 11.1 Å². The zero-order valence-electron chi connectivity index (χ0n) is 14.7. The number of benzene rings is 2. The zero-order chi connectivity index (χ0) is 17.7. The molecule has 1 atom stereocenters. The summed E-state index contributed by atoms with van der Waals surface area (Å²) in [6.45, 7) is 0. The van der Waals surface area contributed by atoms with Crippen LogP contribution in [-0.2, 0) is 6.42 Å². The van der Waals surface area contributed by atoms with Crippen LogP contribution in [0.4, 0.5) is 0 Å². The van der Waals surface area contributed by atoms with E-state index in [1.165, 1.54) is 6.07 Å². The molecule has 1 unspecified atom stereocenters. The van der Waals surface area contributed by atoms with Crippen LogP contribution in [0.3, 0.4) is 0 Å². The standard InChI is InChI=1S/C18H23NO5.ClH/c1-19-13(12-5-6-14(20)15(21)10-12)7-11-8-16(22-2)18(24-4)17(9-11)23-3;/h5-6,8-10,13,19-21H,7H2,1-4H3;1H. The number of phenolic OH excluding ortho intramolecular Hbond substituents is 2. The van der Waals surface area contributed by atoms with Gasteiger partial charge in [0.05, 0.1) is 21.3 Å². The minimum atomic E-state index is -0.141. The summed E-state index contributed by atoms with van der Waals surface area (Å²) in [5.41, 5.74) is 1.85. The fraction of sp³-hybridized carbons (Fsp3) is 0.333. The van der Waals surface area contributed by atoms with E-state index in [4.69, 9.17) is 14.2 Å². The topological polar surface area (TPSA) is 80.2 Å². The number of hydrogen-bond acceptors (Lipinski definition) is 6. The molecule has 138 valence electrons. The van der Waals surface area contributed by atoms with Gasteiger partial charge in [-0.1, -0.05) is 6.07 Å². The Morgan fingerprint density at radius 1 is 0.920 bits per heavy atom. The first kappa shape index (κ1) is 20.7. The molecule has 6 nitrogen and oxygen atoms in total. The highest BCUT2D eigenvalue weighted by Gasteiger charge is 2.17. The van der Waals surface area contributed by atoms with Crippen molar-refractivity contribution in [3.63, 3.8) is 0 Å². The van der Waals surface area contributed by atoms with Gasteiger partial charge in [0.15, 0.2) is 23.0 Å². The third kappa shape index (κ3) is 4.61. The number of ether oxygens (including phenoxy) is 3. The number of aromatic hydroxyl groups is 2. The summed E-state index contributed by atoms with van der Waals surface area (Å²) in [6.07, 6.45) is 0.636. The smallest absolute Gasteiger partial charge is 0.203 e. The van der Waals surface area contributed by atoms with Gasteiger partial charge in [0.1, 0.15) is 0 Å². The average Bonchev–Trinajstić information content (AvgIpc) is 2.61. The number of phenols is 2. The lowest BCUT2D eigenvalue weighted by atomic mass is 9.98. The highest BCUT2D eigenvalue weighted by molar-refractivity contribution is 5.85. The molecule has 0 spiro atoms. The van der Waals surface area contributed by atoms with E-state index >= 15 is 0 Å². The highest BCUT2D eigenvalue weighted by Crippen LogP contribution is 2.39. The first-order valence-corrected chi connectivity index (χ1v) is 7.52. The number of rotatable bonds is 7. The van der Waals surface area contributed by atoms with Gasteiger partial charge in [0.25, 0.3) is 0 Å². The van der Waals surface area contributed by atoms with Crippen molar-refractivity contribution in [1.82, 2.24) is 5.32 Å². The summed E-state index contributed by atoms with van der Waals surface area (Å²) in [7, 11) is 6.56. The fourth-order valence-electron chi connectivity index (χ4n) is 2.63. The molecule has 0 bridgehead atoms. The van der Waals surface area contributed by atoms with Crippen molar-refractivity contribution in [3.8, 4) is 28.7 Å². The Kier molecular flexibility index (Phi) is 7.67. The average molecular weight is 370 g/mol. The molecule has 0 aromatic heterocycles. The fourth-order valence-corrected chi connectivity index (χ4v) is 2.63. The van der Waals surface area contributed by atoms with Crippen LogP contribution < -0.4 is 19.5 Å². The predicted molar refractivity (Wildman–Crippen MR) is 98.6 cm³/mol. The molecule has 3 N–H and O–H groups in total. The van der Waals surface area contributed by atoms with E-state index < -0.39 is 0 Å². The summed E-state index contributed by atoms with van der Waals surface area (Å²) in [5, 5.41) is 22.4. The lowest BCUT2D eigenvalue weighted by Crippen LogP contribution is -2.18. The molecule has 0 heterocycles. The number of halogens is 1. The lowest BCUT2D eigenvalue weighted by Gasteiger charge is -2.19. The molecule has 2 aromatic carbocycles. The lowest BCUT2D eigenvalue weighted by molar-refractivity contribution is 0.323. The van der Waals surface area contributed by atoms with E-state index in [2.05, 4.69) is 5.32 Å². The maximum absolute atomic E-state index is 9.71. The Hall–Kier alpha value is -2.31. The van der Waals surface area contributed by atoms with Crippen LogP contribution >= 0.6 is 12.4 Å². The molecule has 0 radical (unpaired) electrons. The van der Waals surface area contributed by atoms with Crippen LogP contribution in [0.25, 0.3) is 0 Å². The monoisotopic (exact) mass is 369 g/mol. The van der Waals surface area contributed by atoms with Gasteiger partial charge in [-0.3, -0.25) is 0 Å². The molecule has 0 saturated carbocycles. The largest absolute Gasteiger partial charge is 0.504 e. The second kappa shape index (κ2) is 9.25. The van der Waals surface area contributed by atoms with Gasteiger partial charge >= 0.3 is 0 Å². The minimum absolute atomic E-state index is 0. The molecule has 2 aromatic rings. The van der Waals surface area contributed by atoms with Crippen molar-refractivity contribution >= 4 is 12.4 Å². The summed E-state index contributed by atoms with van der Waals surface area (Å²) in [4.78, 5) is 0. The predicted octanol–water partition coefficient (Wildman–Crippen LogP) is 3.05. The first-order chi connectivity index (χ1) is 11.5. The second-order valence-corrected chi connectivity index (χ2v) is 5.33. The molecule has 0 aliphatic heterocycles. The maximum Gasteiger partial charge on any atom is 0.203 e. The van der Waals surface area contributed by atoms with Gasteiger partial charge in [-0.05, 0) is 48.9 Å². The van der Waals surface area contributed by atoms with E-state index in [1.807, 2.05) is 19.2 Å². The normalized spacial score (nSPS) is 11.4. The first-order valence-electron chi connectivity index (χ1n) is 7.52. The molecule has 25 heavy (non-hydrogen) atoms. The Bertz CT molecular complexity index is 683. The van der Waals surface area contributed by atoms with E-state index in [0.29, 0.717) is 23.7 Å². The van der Waals surface area contributed by atoms with Crippen molar-refractivity contribution < 1.29 is 24.4 Å². The quantitative estimate of drug-likeness (QED) is 0.651. The zero-order valence-corrected chi connectivity index (χ0v) is 15.5. The summed E-state index contributed by atoms with van der Waals surface area (Å²) < 4.78 is 16.1. The van der Waals surface area contributed by atoms with Crippen LogP contribution in [0.15, 0.2) is 30.3 Å². The van der Waals surface area contributed by atoms with Crippen molar-refractivity contribution in [2.45, 2.75) is 12.5 Å². The van der Waals surface area contributed by atoms with Gasteiger partial charge < -0.3 is 29.7 Å². The Morgan fingerprint density at radius 2 is 1.52 bits per heavy atom. The van der Waals surface area contributed by atoms with Gasteiger partial charge in [-0.25, -0.2) is 0 Å². The highest BCUT2D eigenvalue weighted by atomic mass is 35.5. The van der Waals surface area contributed by atoms with Gasteiger partial charge in [0.2, 0.25) is 5.75 Å². The van der Waals surface area contributed by atoms with E-state index in [-0.39, 0.29) is 29.9 Å². The minimum Gasteiger partial charge on any atom is -0.504 e. The molecule has 0 amide bonds. The van der Waals surface area contributed by atoms with Crippen molar-refractivity contribution in [2.75, 3.05) is 28.4 Å². The number of likely N-dealkylation sites (N-methyl/N-ethyl adjacent to an activating group) is 1. The summed E-state index contributed by atoms with van der Waals surface area (Å²) in [5.74, 6) is 1.46. The molecular weight excluding hydrogens is 346 g/mol. The Labute approximate surface area is 153 Å². The number of hydrogen-bond donors (Lipinski definition) is 3. The van der Waals surface area contributed by atoms with Gasteiger partial charge in [-0.2, -0.15) is 0 Å². The third-order valence-electron chi connectivity index (χ3n) is 3.91. The summed E-state index contributed by atoms with van der Waals surface area (Å²) in [6, 6.07) is 8.53. The van der Waals surface area contributed by atoms with Crippen LogP contribution in [0, 0.1) is 0 Å². The van der Waals surface area contributed by atoms with Crippen LogP contribution in [0.2, 0.25) is 0 Å². The maximum atomic E-state index is 9.71. The van der Waals surface area contributed by atoms with Crippen LogP contribution in [0.5, 0.6) is 28.7 Å². The van der Waals surface area contributed by atoms with Gasteiger partial charge in [-0.15, -0.1) is 12.4 Å². The molecule has 0 fully saturated rings. The second-order valence-electron chi connectivity index (χ2n) is 5.33. The van der Waals surface area contributed by atoms with Crippen LogP contribution in [-0.4, -0.2) is 38.6 Å². The van der Waals surface area contributed by atoms with Crippen molar-refractivity contribution in [3.05, 3.63) is 41.5 Å². The molecular formula is C18H24ClNO5. The van der Waals surface area contributed by atoms with Crippen molar-refractivity contribution in [1.29, 1.82) is 0 Å². The third-order valence-corrected chi connectivity index (χ3v) is 3.91. The Balaban J connectivity index is 0.00000312. The SMILES string of the molecule is CNC(Cc1cc(OC)c(OC)c(OC)c1)c1ccc(O)c(O)c1.Cl. The number of methoxy groups -OCH3 is 3. The Morgan fingerprint density at radius 3 is 1.96 bits per heavy atom. The molecule has 0 aliphatic rings. The van der Waals surface area contributed by atoms with Crippen LogP contribution in [0.1, 0.15) is 17.2 Å². The van der Waals surface area contributed by atoms with E-state index in [9.17, 15) is 10.2 Å².